The predicted molar refractivity (Wildman–Crippen MR) is 75.0 cm³/mol. The quantitative estimate of drug-likeness (QED) is 0.439. The molecule has 0 aliphatic carbocycles. The van der Waals surface area contributed by atoms with Crippen molar-refractivity contribution in [1.82, 2.24) is 9.03 Å². The minimum Gasteiger partial charge on any atom is -0.357 e. The van der Waals surface area contributed by atoms with E-state index >= 15 is 0 Å². The summed E-state index contributed by atoms with van der Waals surface area (Å²) in [4.78, 5) is 0. The molecule has 0 radical (unpaired) electrons. The van der Waals surface area contributed by atoms with E-state index in [2.05, 4.69) is 4.74 Å². The summed E-state index contributed by atoms with van der Waals surface area (Å²) in [7, 11) is -5.14. The molecular weight excluding hydrogens is 422 g/mol. The third kappa shape index (κ3) is 3.85. The van der Waals surface area contributed by atoms with Crippen LogP contribution in [0.4, 0.5) is 26.3 Å². The second-order valence-corrected chi connectivity index (χ2v) is 9.76. The van der Waals surface area contributed by atoms with Gasteiger partial charge in [-0.1, -0.05) is 0 Å². The number of hydrogen-bond acceptors (Lipinski definition) is 5. The summed E-state index contributed by atoms with van der Waals surface area (Å²) in [5, 5.41) is 9.57. The van der Waals surface area contributed by atoms with Gasteiger partial charge in [-0.05, 0) is 20.8 Å². The lowest BCUT2D eigenvalue weighted by atomic mass is 10.2. The third-order valence-electron chi connectivity index (χ3n) is 3.48. The van der Waals surface area contributed by atoms with Crippen LogP contribution in [0.1, 0.15) is 20.8 Å². The first-order valence-electron chi connectivity index (χ1n) is 6.64. The number of nitrogens with zero attached hydrogens (tertiary/aromatic N) is 1. The van der Waals surface area contributed by atoms with Crippen molar-refractivity contribution in [2.75, 3.05) is 13.1 Å². The summed E-state index contributed by atoms with van der Waals surface area (Å²) < 4.78 is 127. The second-order valence-electron chi connectivity index (χ2n) is 6.36. The fraction of sp³-hybridized carbons (Fsp3) is 1.00. The van der Waals surface area contributed by atoms with Gasteiger partial charge in [-0.25, -0.2) is 17.3 Å². The van der Waals surface area contributed by atoms with Crippen LogP contribution in [0.5, 0.6) is 0 Å². The first kappa shape index (κ1) is 23.5. The zero-order valence-corrected chi connectivity index (χ0v) is 15.1. The molecule has 16 heteroatoms. The van der Waals surface area contributed by atoms with Gasteiger partial charge in [0.05, 0.1) is 17.8 Å². The van der Waals surface area contributed by atoms with E-state index in [4.69, 9.17) is 4.55 Å². The molecule has 2 unspecified atom stereocenters. The molecule has 3 atom stereocenters. The molecule has 1 aliphatic heterocycles. The fourth-order valence-corrected chi connectivity index (χ4v) is 3.94. The van der Waals surface area contributed by atoms with Crippen LogP contribution in [0.15, 0.2) is 0 Å². The Morgan fingerprint density at radius 2 is 1.62 bits per heavy atom. The highest BCUT2D eigenvalue weighted by Crippen LogP contribution is 2.51. The molecule has 0 aromatic carbocycles. The van der Waals surface area contributed by atoms with Crippen molar-refractivity contribution in [3.63, 3.8) is 0 Å². The van der Waals surface area contributed by atoms with Gasteiger partial charge in [0.15, 0.2) is 0 Å². The van der Waals surface area contributed by atoms with E-state index in [9.17, 15) is 44.1 Å². The minimum atomic E-state index is -5.81. The Morgan fingerprint density at radius 1 is 1.15 bits per heavy atom. The lowest BCUT2D eigenvalue weighted by Crippen LogP contribution is -2.65. The molecule has 0 amide bonds. The van der Waals surface area contributed by atoms with Crippen molar-refractivity contribution >= 4 is 21.3 Å². The third-order valence-corrected chi connectivity index (χ3v) is 6.43. The van der Waals surface area contributed by atoms with Crippen LogP contribution >= 0.6 is 0 Å². The molecule has 8 nitrogen and oxygen atoms in total. The first-order valence-corrected chi connectivity index (χ1v) is 9.19. The Kier molecular flexibility index (Phi) is 5.90. The molecule has 1 rings (SSSR count). The minimum absolute atomic E-state index is 0.687. The maximum atomic E-state index is 13.6. The summed E-state index contributed by atoms with van der Waals surface area (Å²) in [5.41, 5.74) is -4.28. The Hall–Kier alpha value is -0.520. The second kappa shape index (κ2) is 6.52. The summed E-state index contributed by atoms with van der Waals surface area (Å²) in [6, 6.07) is 0. The number of aliphatic hydroxyl groups is 1. The molecule has 0 aromatic heterocycles. The van der Waals surface area contributed by atoms with Crippen molar-refractivity contribution in [3.05, 3.63) is 0 Å². The zero-order valence-electron chi connectivity index (χ0n) is 13.5. The summed E-state index contributed by atoms with van der Waals surface area (Å²) in [6.45, 7) is -1.23. The Labute approximate surface area is 147 Å². The Bertz CT molecular complexity index is 675. The lowest BCUT2D eigenvalue weighted by Gasteiger charge is -2.39. The van der Waals surface area contributed by atoms with E-state index in [1.165, 1.54) is 4.72 Å². The molecule has 0 saturated carbocycles. The molecule has 0 aromatic rings. The monoisotopic (exact) mass is 438 g/mol. The maximum absolute atomic E-state index is 13.6. The fourth-order valence-electron chi connectivity index (χ4n) is 2.03. The van der Waals surface area contributed by atoms with Gasteiger partial charge in [0.25, 0.3) is 5.79 Å². The van der Waals surface area contributed by atoms with Crippen molar-refractivity contribution in [2.24, 2.45) is 0 Å². The average molecular weight is 438 g/mol. The number of sulfonamides is 1. The van der Waals surface area contributed by atoms with Crippen LogP contribution in [0.2, 0.25) is 0 Å². The van der Waals surface area contributed by atoms with Crippen molar-refractivity contribution in [3.8, 4) is 0 Å². The van der Waals surface area contributed by atoms with Crippen LogP contribution in [0, 0.1) is 0 Å². The molecular formula is C10H16F6N2O6S2. The Balaban J connectivity index is 3.71. The molecule has 1 saturated heterocycles. The number of halogens is 6. The van der Waals surface area contributed by atoms with Crippen LogP contribution in [-0.2, 0) is 26.0 Å². The van der Waals surface area contributed by atoms with E-state index in [0.717, 1.165) is 20.8 Å². The van der Waals surface area contributed by atoms with Crippen molar-refractivity contribution in [1.29, 1.82) is 0 Å². The van der Waals surface area contributed by atoms with Gasteiger partial charge in [-0.2, -0.15) is 30.6 Å². The lowest BCUT2D eigenvalue weighted by molar-refractivity contribution is -0.396. The largest absolute Gasteiger partial charge is 0.444 e. The van der Waals surface area contributed by atoms with E-state index in [1.54, 1.807) is 0 Å². The van der Waals surface area contributed by atoms with Gasteiger partial charge in [0, 0.05) is 0 Å². The van der Waals surface area contributed by atoms with E-state index in [-0.39, 0.29) is 0 Å². The molecule has 26 heavy (non-hydrogen) atoms. The molecule has 1 heterocycles. The van der Waals surface area contributed by atoms with Crippen molar-refractivity contribution in [2.45, 2.75) is 49.4 Å². The normalized spacial score (nSPS) is 30.6. The summed E-state index contributed by atoms with van der Waals surface area (Å²) >= 11 is -3.15. The van der Waals surface area contributed by atoms with E-state index < -0.39 is 67.3 Å². The van der Waals surface area contributed by atoms with Gasteiger partial charge in [0.1, 0.15) is 0 Å². The number of alkyl halides is 6. The van der Waals surface area contributed by atoms with Crippen molar-refractivity contribution < 1.29 is 53.4 Å². The maximum Gasteiger partial charge on any atom is 0.444 e. The van der Waals surface area contributed by atoms with Crippen LogP contribution in [0.25, 0.3) is 0 Å². The van der Waals surface area contributed by atoms with Crippen LogP contribution in [0.3, 0.4) is 0 Å². The Morgan fingerprint density at radius 3 is 1.92 bits per heavy atom. The summed E-state index contributed by atoms with van der Waals surface area (Å²) in [6.07, 6.45) is -11.6. The number of ether oxygens (including phenoxy) is 1. The highest BCUT2D eigenvalue weighted by molar-refractivity contribution is 7.90. The molecule has 0 bridgehead atoms. The zero-order chi connectivity index (χ0) is 21.0. The predicted octanol–water partition coefficient (Wildman–Crippen LogP) is 0.683. The average Bonchev–Trinajstić information content (AvgIpc) is 2.70. The number of rotatable bonds is 4. The number of β-amino-alcohol motifs (C(OH)–C–C–N with tert-alkyl or cyclic N) is 1. The molecule has 1 aliphatic rings. The summed E-state index contributed by atoms with van der Waals surface area (Å²) in [5.74, 6) is -4.49. The van der Waals surface area contributed by atoms with Gasteiger partial charge in [-0.15, -0.1) is 0 Å². The van der Waals surface area contributed by atoms with Gasteiger partial charge in [0.2, 0.25) is 27.0 Å². The molecule has 1 fully saturated rings. The first-order chi connectivity index (χ1) is 11.2. The number of nitrogens with one attached hydrogen (secondary N) is 1. The van der Waals surface area contributed by atoms with Crippen LogP contribution in [-0.4, -0.2) is 68.3 Å². The van der Waals surface area contributed by atoms with E-state index in [0.29, 0.717) is 0 Å². The standard InChI is InChI=1S/C10H16F6N2O6S2/c1-6(2,3)26(22,23)18-5-8(19,10(14,15)16)24-7(18,9(11,12)13)4-17-25(20)21/h17,19H,4-5H2,1-3H3,(H,20,21)/t7?,8-/m0/s1. The van der Waals surface area contributed by atoms with Gasteiger partial charge >= 0.3 is 12.4 Å². The molecule has 3 N–H and O–H groups in total. The number of hydrogen-bond donors (Lipinski definition) is 3. The van der Waals surface area contributed by atoms with Gasteiger partial charge < -0.3 is 9.84 Å². The SMILES string of the molecule is CC(C)(C)S(=O)(=O)N1C[C@@](O)(C(F)(F)F)OC1(CNS(=O)O)C(F)(F)F. The van der Waals surface area contributed by atoms with E-state index in [1.807, 2.05) is 0 Å². The highest BCUT2D eigenvalue weighted by atomic mass is 32.2. The van der Waals surface area contributed by atoms with Gasteiger partial charge in [-0.3, -0.25) is 4.55 Å². The smallest absolute Gasteiger partial charge is 0.357 e. The van der Waals surface area contributed by atoms with Crippen LogP contribution < -0.4 is 4.72 Å². The topological polar surface area (TPSA) is 116 Å². The highest BCUT2D eigenvalue weighted by Gasteiger charge is 2.77. The molecule has 156 valence electrons. The molecule has 0 spiro atoms.